The Hall–Kier alpha value is -2.56. The lowest BCUT2D eigenvalue weighted by Gasteiger charge is -2.19. The second-order valence-electron chi connectivity index (χ2n) is 5.51. The van der Waals surface area contributed by atoms with Crippen molar-refractivity contribution in [3.05, 3.63) is 63.6 Å². The lowest BCUT2D eigenvalue weighted by Crippen LogP contribution is -2.36. The van der Waals surface area contributed by atoms with E-state index in [0.717, 1.165) is 25.2 Å². The second kappa shape index (κ2) is 6.05. The summed E-state index contributed by atoms with van der Waals surface area (Å²) in [4.78, 5) is 28.7. The number of benzene rings is 1. The molecule has 0 radical (unpaired) electrons. The quantitative estimate of drug-likeness (QED) is 0.898. The third kappa shape index (κ3) is 2.88. The number of para-hydroxylation sites is 1. The fourth-order valence-electron chi connectivity index (χ4n) is 2.79. The Morgan fingerprint density at radius 3 is 2.91 bits per heavy atom. The standard InChI is InChI=1S/C17H19N3O2/c1-12-6-7-14(17(22)19-12)16(21)18-9-11-20-10-8-13-4-2-3-5-15(13)20/h2-7H,8-11H2,1H3,(H,18,21)(H,19,22). The van der Waals surface area contributed by atoms with E-state index in [-0.39, 0.29) is 17.0 Å². The Morgan fingerprint density at radius 1 is 1.27 bits per heavy atom. The molecule has 2 aromatic rings. The van der Waals surface area contributed by atoms with Crippen LogP contribution in [0.25, 0.3) is 0 Å². The van der Waals surface area contributed by atoms with Gasteiger partial charge in [0.1, 0.15) is 5.56 Å². The smallest absolute Gasteiger partial charge is 0.260 e. The summed E-state index contributed by atoms with van der Waals surface area (Å²) >= 11 is 0. The van der Waals surface area contributed by atoms with Gasteiger partial charge in [0.15, 0.2) is 0 Å². The van der Waals surface area contributed by atoms with E-state index in [4.69, 9.17) is 0 Å². The van der Waals surface area contributed by atoms with Crippen molar-refractivity contribution >= 4 is 11.6 Å². The summed E-state index contributed by atoms with van der Waals surface area (Å²) in [6.45, 7) is 4.02. The van der Waals surface area contributed by atoms with Crippen molar-refractivity contribution in [3.63, 3.8) is 0 Å². The number of nitrogens with one attached hydrogen (secondary N) is 2. The first-order valence-electron chi connectivity index (χ1n) is 7.46. The fraction of sp³-hybridized carbons (Fsp3) is 0.294. The number of aromatic amines is 1. The van der Waals surface area contributed by atoms with Gasteiger partial charge in [-0.1, -0.05) is 18.2 Å². The number of amides is 1. The Labute approximate surface area is 129 Å². The maximum absolute atomic E-state index is 12.0. The summed E-state index contributed by atoms with van der Waals surface area (Å²) in [7, 11) is 0. The zero-order chi connectivity index (χ0) is 15.5. The summed E-state index contributed by atoms with van der Waals surface area (Å²) < 4.78 is 0. The molecule has 3 rings (SSSR count). The van der Waals surface area contributed by atoms with Crippen LogP contribution >= 0.6 is 0 Å². The summed E-state index contributed by atoms with van der Waals surface area (Å²) in [5.41, 5.74) is 3.15. The molecule has 22 heavy (non-hydrogen) atoms. The number of carbonyl (C=O) groups excluding carboxylic acids is 1. The number of fused-ring (bicyclic) bond motifs is 1. The maximum atomic E-state index is 12.0. The molecule has 1 aliphatic heterocycles. The van der Waals surface area contributed by atoms with Crippen LogP contribution in [0, 0.1) is 6.92 Å². The van der Waals surface area contributed by atoms with Crippen molar-refractivity contribution in [2.24, 2.45) is 0 Å². The van der Waals surface area contributed by atoms with Gasteiger partial charge < -0.3 is 15.2 Å². The minimum atomic E-state index is -0.344. The lowest BCUT2D eigenvalue weighted by atomic mass is 10.2. The van der Waals surface area contributed by atoms with Crippen LogP contribution < -0.4 is 15.8 Å². The molecule has 0 fully saturated rings. The molecule has 1 amide bonds. The van der Waals surface area contributed by atoms with Crippen molar-refractivity contribution in [1.29, 1.82) is 0 Å². The molecular formula is C17H19N3O2. The van der Waals surface area contributed by atoms with E-state index in [9.17, 15) is 9.59 Å². The number of nitrogens with zero attached hydrogens (tertiary/aromatic N) is 1. The predicted octanol–water partition coefficient (Wildman–Crippen LogP) is 1.48. The molecule has 1 aromatic carbocycles. The first kappa shape index (κ1) is 14.4. The van der Waals surface area contributed by atoms with Crippen molar-refractivity contribution in [2.45, 2.75) is 13.3 Å². The highest BCUT2D eigenvalue weighted by atomic mass is 16.2. The molecule has 0 unspecified atom stereocenters. The maximum Gasteiger partial charge on any atom is 0.260 e. The van der Waals surface area contributed by atoms with E-state index in [0.29, 0.717) is 6.54 Å². The van der Waals surface area contributed by atoms with Gasteiger partial charge in [0, 0.05) is 31.0 Å². The van der Waals surface area contributed by atoms with Gasteiger partial charge in [0.25, 0.3) is 11.5 Å². The van der Waals surface area contributed by atoms with E-state index in [1.54, 1.807) is 19.1 Å². The van der Waals surface area contributed by atoms with Gasteiger partial charge >= 0.3 is 0 Å². The zero-order valence-corrected chi connectivity index (χ0v) is 12.6. The molecule has 0 spiro atoms. The lowest BCUT2D eigenvalue weighted by molar-refractivity contribution is 0.0953. The van der Waals surface area contributed by atoms with Gasteiger partial charge in [-0.25, -0.2) is 0 Å². The molecule has 1 aromatic heterocycles. The average Bonchev–Trinajstić information content (AvgIpc) is 2.90. The van der Waals surface area contributed by atoms with E-state index in [1.807, 2.05) is 12.1 Å². The van der Waals surface area contributed by atoms with Crippen LogP contribution in [0.5, 0.6) is 0 Å². The van der Waals surface area contributed by atoms with Crippen LogP contribution in [-0.2, 0) is 6.42 Å². The number of hydrogen-bond donors (Lipinski definition) is 2. The molecule has 2 heterocycles. The Morgan fingerprint density at radius 2 is 2.09 bits per heavy atom. The fourth-order valence-corrected chi connectivity index (χ4v) is 2.79. The molecule has 5 heteroatoms. The highest BCUT2D eigenvalue weighted by Gasteiger charge is 2.18. The van der Waals surface area contributed by atoms with Gasteiger partial charge in [0.2, 0.25) is 0 Å². The van der Waals surface area contributed by atoms with Crippen molar-refractivity contribution < 1.29 is 4.79 Å². The van der Waals surface area contributed by atoms with Crippen molar-refractivity contribution in [2.75, 3.05) is 24.5 Å². The summed E-state index contributed by atoms with van der Waals surface area (Å²) in [5, 5.41) is 2.82. The summed E-state index contributed by atoms with van der Waals surface area (Å²) in [6, 6.07) is 11.6. The number of aryl methyl sites for hydroxylation is 1. The van der Waals surface area contributed by atoms with Gasteiger partial charge in [-0.05, 0) is 37.1 Å². The van der Waals surface area contributed by atoms with Crippen LogP contribution in [0.1, 0.15) is 21.6 Å². The number of hydrogen-bond acceptors (Lipinski definition) is 3. The van der Waals surface area contributed by atoms with Gasteiger partial charge in [-0.15, -0.1) is 0 Å². The molecule has 0 aliphatic carbocycles. The number of H-pyrrole nitrogens is 1. The highest BCUT2D eigenvalue weighted by Crippen LogP contribution is 2.26. The minimum Gasteiger partial charge on any atom is -0.369 e. The van der Waals surface area contributed by atoms with Crippen LogP contribution in [-0.4, -0.2) is 30.5 Å². The molecule has 0 bridgehead atoms. The van der Waals surface area contributed by atoms with E-state index in [2.05, 4.69) is 27.3 Å². The molecular weight excluding hydrogens is 278 g/mol. The van der Waals surface area contributed by atoms with Crippen LogP contribution in [0.3, 0.4) is 0 Å². The summed E-state index contributed by atoms with van der Waals surface area (Å²) in [6.07, 6.45) is 1.04. The number of pyridine rings is 1. The van der Waals surface area contributed by atoms with Gasteiger partial charge in [0.05, 0.1) is 0 Å². The third-order valence-electron chi connectivity index (χ3n) is 3.95. The number of rotatable bonds is 4. The summed E-state index contributed by atoms with van der Waals surface area (Å²) in [5.74, 6) is -0.325. The number of anilines is 1. The average molecular weight is 297 g/mol. The molecule has 5 nitrogen and oxygen atoms in total. The highest BCUT2D eigenvalue weighted by molar-refractivity contribution is 5.93. The number of aromatic nitrogens is 1. The first-order chi connectivity index (χ1) is 10.6. The van der Waals surface area contributed by atoms with Crippen LogP contribution in [0.15, 0.2) is 41.2 Å². The molecule has 0 saturated carbocycles. The molecule has 0 atom stereocenters. The SMILES string of the molecule is Cc1ccc(C(=O)NCCN2CCc3ccccc32)c(=O)[nH]1. The van der Waals surface area contributed by atoms with Crippen LogP contribution in [0.4, 0.5) is 5.69 Å². The predicted molar refractivity (Wildman–Crippen MR) is 86.5 cm³/mol. The first-order valence-corrected chi connectivity index (χ1v) is 7.46. The Bertz CT molecular complexity index is 752. The molecule has 1 aliphatic rings. The zero-order valence-electron chi connectivity index (χ0n) is 12.6. The van der Waals surface area contributed by atoms with Crippen molar-refractivity contribution in [3.8, 4) is 0 Å². The molecule has 2 N–H and O–H groups in total. The van der Waals surface area contributed by atoms with Gasteiger partial charge in [-0.3, -0.25) is 9.59 Å². The monoisotopic (exact) mass is 297 g/mol. The van der Waals surface area contributed by atoms with Crippen molar-refractivity contribution in [1.82, 2.24) is 10.3 Å². The molecule has 114 valence electrons. The second-order valence-corrected chi connectivity index (χ2v) is 5.51. The molecule has 0 saturated heterocycles. The minimum absolute atomic E-state index is 0.160. The number of carbonyl (C=O) groups is 1. The largest absolute Gasteiger partial charge is 0.369 e. The normalized spacial score (nSPS) is 13.0. The van der Waals surface area contributed by atoms with Gasteiger partial charge in [-0.2, -0.15) is 0 Å². The third-order valence-corrected chi connectivity index (χ3v) is 3.95. The van der Waals surface area contributed by atoms with E-state index in [1.165, 1.54) is 11.3 Å². The van der Waals surface area contributed by atoms with Crippen LogP contribution in [0.2, 0.25) is 0 Å². The Balaban J connectivity index is 1.58. The Kier molecular flexibility index (Phi) is 3.96. The topological polar surface area (TPSA) is 65.2 Å². The van der Waals surface area contributed by atoms with E-state index < -0.39 is 0 Å². The van der Waals surface area contributed by atoms with E-state index >= 15 is 0 Å².